The standard InChI is InChI=1S/C8H8N3/c1-5-3-4-9-8-7(5)10-6(2)11-8/h3-4H,1H2,2H3,(H,9,10,11). The van der Waals surface area contributed by atoms with Gasteiger partial charge in [0.25, 0.3) is 0 Å². The fourth-order valence-electron chi connectivity index (χ4n) is 1.08. The van der Waals surface area contributed by atoms with Crippen molar-refractivity contribution >= 4 is 11.2 Å². The highest BCUT2D eigenvalue weighted by Crippen LogP contribution is 2.11. The van der Waals surface area contributed by atoms with Crippen LogP contribution in [0.25, 0.3) is 11.2 Å². The van der Waals surface area contributed by atoms with Gasteiger partial charge >= 0.3 is 0 Å². The van der Waals surface area contributed by atoms with Crippen molar-refractivity contribution < 1.29 is 0 Å². The monoisotopic (exact) mass is 146 g/mol. The first kappa shape index (κ1) is 6.34. The molecule has 3 nitrogen and oxygen atoms in total. The van der Waals surface area contributed by atoms with Gasteiger partial charge < -0.3 is 4.98 Å². The van der Waals surface area contributed by atoms with Gasteiger partial charge in [0.15, 0.2) is 5.65 Å². The average Bonchev–Trinajstić information content (AvgIpc) is 2.31. The Morgan fingerprint density at radius 3 is 3.09 bits per heavy atom. The van der Waals surface area contributed by atoms with Gasteiger partial charge in [-0.1, -0.05) is 0 Å². The van der Waals surface area contributed by atoms with Crippen LogP contribution in [0.1, 0.15) is 11.4 Å². The normalized spacial score (nSPS) is 10.7. The molecule has 0 unspecified atom stereocenters. The summed E-state index contributed by atoms with van der Waals surface area (Å²) in [6, 6.07) is 1.86. The molecule has 55 valence electrons. The summed E-state index contributed by atoms with van der Waals surface area (Å²) in [4.78, 5) is 11.3. The van der Waals surface area contributed by atoms with E-state index in [2.05, 4.69) is 21.9 Å². The number of nitrogens with one attached hydrogen (secondary N) is 1. The molecule has 0 amide bonds. The molecule has 1 N–H and O–H groups in total. The van der Waals surface area contributed by atoms with Crippen molar-refractivity contribution in [2.45, 2.75) is 6.92 Å². The second kappa shape index (κ2) is 2.05. The lowest BCUT2D eigenvalue weighted by Gasteiger charge is -1.90. The van der Waals surface area contributed by atoms with E-state index in [0.29, 0.717) is 0 Å². The van der Waals surface area contributed by atoms with Crippen molar-refractivity contribution in [2.75, 3.05) is 0 Å². The molecule has 2 heterocycles. The number of pyridine rings is 1. The van der Waals surface area contributed by atoms with Gasteiger partial charge in [0, 0.05) is 6.20 Å². The Kier molecular flexibility index (Phi) is 1.18. The maximum Gasteiger partial charge on any atom is 0.177 e. The lowest BCUT2D eigenvalue weighted by atomic mass is 10.3. The highest BCUT2D eigenvalue weighted by molar-refractivity contribution is 5.75. The smallest absolute Gasteiger partial charge is 0.177 e. The molecule has 0 spiro atoms. The Bertz CT molecular complexity index is 389. The molecular weight excluding hydrogens is 138 g/mol. The Hall–Kier alpha value is -1.38. The molecule has 2 aromatic rings. The van der Waals surface area contributed by atoms with Gasteiger partial charge in [-0.25, -0.2) is 9.97 Å². The molecule has 0 aliphatic carbocycles. The number of hydrogen-bond acceptors (Lipinski definition) is 2. The number of H-pyrrole nitrogens is 1. The van der Waals surface area contributed by atoms with Crippen LogP contribution in [0.4, 0.5) is 0 Å². The summed E-state index contributed by atoms with van der Waals surface area (Å²) >= 11 is 0. The van der Waals surface area contributed by atoms with Gasteiger partial charge in [0.1, 0.15) is 5.82 Å². The lowest BCUT2D eigenvalue weighted by molar-refractivity contribution is 1.16. The number of imidazole rings is 1. The second-order valence-electron chi connectivity index (χ2n) is 2.49. The molecule has 0 aliphatic rings. The van der Waals surface area contributed by atoms with E-state index in [1.807, 2.05) is 13.0 Å². The maximum atomic E-state index is 4.17. The van der Waals surface area contributed by atoms with Crippen molar-refractivity contribution in [3.63, 3.8) is 0 Å². The minimum atomic E-state index is 0.745. The largest absolute Gasteiger partial charge is 0.341 e. The van der Waals surface area contributed by atoms with Crippen LogP contribution in [0.2, 0.25) is 0 Å². The third-order valence-corrected chi connectivity index (χ3v) is 1.60. The van der Waals surface area contributed by atoms with E-state index in [9.17, 15) is 0 Å². The molecule has 0 aliphatic heterocycles. The van der Waals surface area contributed by atoms with Gasteiger partial charge in [-0.3, -0.25) is 0 Å². The van der Waals surface area contributed by atoms with Crippen LogP contribution in [0, 0.1) is 13.8 Å². The molecule has 0 saturated heterocycles. The van der Waals surface area contributed by atoms with E-state index in [-0.39, 0.29) is 0 Å². The van der Waals surface area contributed by atoms with Crippen molar-refractivity contribution in [3.8, 4) is 0 Å². The summed E-state index contributed by atoms with van der Waals surface area (Å²) < 4.78 is 0. The Balaban J connectivity index is 2.90. The quantitative estimate of drug-likeness (QED) is 0.611. The highest BCUT2D eigenvalue weighted by atomic mass is 15.0. The molecule has 11 heavy (non-hydrogen) atoms. The zero-order valence-electron chi connectivity index (χ0n) is 6.26. The number of fused-ring (bicyclic) bond motifs is 1. The van der Waals surface area contributed by atoms with Gasteiger partial charge in [-0.15, -0.1) is 0 Å². The van der Waals surface area contributed by atoms with E-state index in [1.165, 1.54) is 0 Å². The predicted molar refractivity (Wildman–Crippen MR) is 43.1 cm³/mol. The second-order valence-corrected chi connectivity index (χ2v) is 2.49. The average molecular weight is 146 g/mol. The fourth-order valence-corrected chi connectivity index (χ4v) is 1.08. The third kappa shape index (κ3) is 0.888. The number of hydrogen-bond donors (Lipinski definition) is 1. The van der Waals surface area contributed by atoms with Crippen LogP contribution in [0.5, 0.6) is 0 Å². The molecule has 0 fully saturated rings. The van der Waals surface area contributed by atoms with Crippen LogP contribution in [-0.2, 0) is 0 Å². The Morgan fingerprint density at radius 2 is 2.36 bits per heavy atom. The van der Waals surface area contributed by atoms with Crippen molar-refractivity contribution in [3.05, 3.63) is 30.6 Å². The molecule has 3 heteroatoms. The van der Waals surface area contributed by atoms with E-state index >= 15 is 0 Å². The molecule has 0 saturated carbocycles. The van der Waals surface area contributed by atoms with Crippen molar-refractivity contribution in [1.29, 1.82) is 0 Å². The van der Waals surface area contributed by atoms with Crippen LogP contribution < -0.4 is 0 Å². The number of aromatic amines is 1. The molecule has 2 aromatic heterocycles. The summed E-state index contributed by atoms with van der Waals surface area (Å²) in [6.45, 7) is 5.75. The predicted octanol–water partition coefficient (Wildman–Crippen LogP) is 1.45. The molecule has 0 bridgehead atoms. The summed E-state index contributed by atoms with van der Waals surface area (Å²) in [7, 11) is 0. The van der Waals surface area contributed by atoms with E-state index in [0.717, 1.165) is 22.6 Å². The molecule has 0 aromatic carbocycles. The van der Waals surface area contributed by atoms with Crippen molar-refractivity contribution in [1.82, 2.24) is 15.0 Å². The van der Waals surface area contributed by atoms with Crippen molar-refractivity contribution in [2.24, 2.45) is 0 Å². The van der Waals surface area contributed by atoms with E-state index in [1.54, 1.807) is 6.20 Å². The molecule has 1 radical (unpaired) electrons. The Morgan fingerprint density at radius 1 is 1.55 bits per heavy atom. The third-order valence-electron chi connectivity index (χ3n) is 1.60. The molecule has 2 rings (SSSR count). The first-order valence-electron chi connectivity index (χ1n) is 3.40. The van der Waals surface area contributed by atoms with Gasteiger partial charge in [0.2, 0.25) is 0 Å². The van der Waals surface area contributed by atoms with Crippen LogP contribution >= 0.6 is 0 Å². The van der Waals surface area contributed by atoms with E-state index < -0.39 is 0 Å². The summed E-state index contributed by atoms with van der Waals surface area (Å²) in [5.74, 6) is 0.878. The van der Waals surface area contributed by atoms with Gasteiger partial charge in [-0.2, -0.15) is 0 Å². The first-order chi connectivity index (χ1) is 5.27. The zero-order chi connectivity index (χ0) is 7.84. The fraction of sp³-hybridized carbons (Fsp3) is 0.125. The summed E-state index contributed by atoms with van der Waals surface area (Å²) in [5.41, 5.74) is 2.62. The number of aryl methyl sites for hydroxylation is 1. The minimum absolute atomic E-state index is 0.745. The summed E-state index contributed by atoms with van der Waals surface area (Å²) in [6.07, 6.45) is 1.71. The number of aromatic nitrogens is 3. The minimum Gasteiger partial charge on any atom is -0.341 e. The zero-order valence-corrected chi connectivity index (χ0v) is 6.26. The van der Waals surface area contributed by atoms with Crippen LogP contribution in [-0.4, -0.2) is 15.0 Å². The maximum absolute atomic E-state index is 4.17. The number of rotatable bonds is 0. The Labute approximate surface area is 64.5 Å². The first-order valence-corrected chi connectivity index (χ1v) is 3.40. The van der Waals surface area contributed by atoms with E-state index in [4.69, 9.17) is 0 Å². The van der Waals surface area contributed by atoms with Gasteiger partial charge in [0.05, 0.1) is 5.52 Å². The lowest BCUT2D eigenvalue weighted by Crippen LogP contribution is -1.78. The van der Waals surface area contributed by atoms with Gasteiger partial charge in [-0.05, 0) is 25.5 Å². The van der Waals surface area contributed by atoms with Crippen LogP contribution in [0.15, 0.2) is 12.3 Å². The molecular formula is C8H8N3. The molecule has 0 atom stereocenters. The topological polar surface area (TPSA) is 41.6 Å². The highest BCUT2D eigenvalue weighted by Gasteiger charge is 2.00. The van der Waals surface area contributed by atoms with Crippen LogP contribution in [0.3, 0.4) is 0 Å². The number of nitrogens with zero attached hydrogens (tertiary/aromatic N) is 2. The SMILES string of the molecule is [CH2]c1ccnc2nc(C)[nH]c12. The summed E-state index contributed by atoms with van der Waals surface area (Å²) in [5, 5.41) is 0.